The van der Waals surface area contributed by atoms with Gasteiger partial charge in [-0.15, -0.1) is 0 Å². The van der Waals surface area contributed by atoms with E-state index in [2.05, 4.69) is 25.6 Å². The number of nitrogens with zero attached hydrogens (tertiary/aromatic N) is 3. The van der Waals surface area contributed by atoms with Crippen LogP contribution in [0.5, 0.6) is 11.6 Å². The molecule has 220 valence electrons. The molecule has 2 aromatic carbocycles. The van der Waals surface area contributed by atoms with Gasteiger partial charge in [-0.3, -0.25) is 10.1 Å². The quantitative estimate of drug-likeness (QED) is 0.186. The van der Waals surface area contributed by atoms with Gasteiger partial charge in [0.05, 0.1) is 25.1 Å². The smallest absolute Gasteiger partial charge is 0.412 e. The van der Waals surface area contributed by atoms with Gasteiger partial charge in [-0.2, -0.15) is 0 Å². The van der Waals surface area contributed by atoms with Crippen LogP contribution in [-0.2, 0) is 9.53 Å². The SMILES string of the molecule is COc1ccc(-c2cc(OCCCCCC(=O)Nc3ccccc3NC(=O)OC(C)(C)C)c3ncnc(C)c3c2)cn1. The minimum Gasteiger partial charge on any atom is -0.491 e. The maximum atomic E-state index is 12.6. The van der Waals surface area contributed by atoms with Gasteiger partial charge in [-0.1, -0.05) is 12.1 Å². The number of hydrogen-bond donors (Lipinski definition) is 2. The molecule has 42 heavy (non-hydrogen) atoms. The lowest BCUT2D eigenvalue weighted by molar-refractivity contribution is -0.116. The van der Waals surface area contributed by atoms with Crippen molar-refractivity contribution in [2.45, 2.75) is 59.0 Å². The Kier molecular flexibility index (Phi) is 9.90. The largest absolute Gasteiger partial charge is 0.491 e. The van der Waals surface area contributed by atoms with Crippen LogP contribution in [-0.4, -0.2) is 46.3 Å². The number of aromatic nitrogens is 3. The molecule has 0 bridgehead atoms. The lowest BCUT2D eigenvalue weighted by Gasteiger charge is -2.20. The molecule has 2 amide bonds. The van der Waals surface area contributed by atoms with E-state index in [0.717, 1.165) is 40.6 Å². The first kappa shape index (κ1) is 30.2. The molecule has 0 aliphatic rings. The predicted molar refractivity (Wildman–Crippen MR) is 163 cm³/mol. The summed E-state index contributed by atoms with van der Waals surface area (Å²) in [5.41, 5.74) is 3.87. The topological polar surface area (TPSA) is 125 Å². The lowest BCUT2D eigenvalue weighted by Crippen LogP contribution is -2.27. The number of unbranched alkanes of at least 4 members (excludes halogenated alkanes) is 2. The monoisotopic (exact) mass is 571 g/mol. The van der Waals surface area contributed by atoms with Crippen LogP contribution in [0.3, 0.4) is 0 Å². The van der Waals surface area contributed by atoms with Crippen molar-refractivity contribution in [1.29, 1.82) is 0 Å². The second-order valence-corrected chi connectivity index (χ2v) is 10.8. The third kappa shape index (κ3) is 8.39. The number of pyridine rings is 1. The first-order valence-electron chi connectivity index (χ1n) is 13.9. The van der Waals surface area contributed by atoms with Crippen molar-refractivity contribution in [3.8, 4) is 22.8 Å². The van der Waals surface area contributed by atoms with E-state index in [1.165, 1.54) is 0 Å². The Morgan fingerprint density at radius 1 is 0.881 bits per heavy atom. The zero-order valence-corrected chi connectivity index (χ0v) is 24.7. The standard InChI is InChI=1S/C32H37N5O5/c1-21-24-17-23(22-14-15-29(40-5)33-19-22)18-27(30(24)35-20-34-21)41-16-10-6-7-13-28(38)36-25-11-8-9-12-26(25)37-31(39)42-32(2,3)4/h8-9,11-12,14-15,17-20H,6-7,10,13,16H2,1-5H3,(H,36,38)(H,37,39). The van der Waals surface area contributed by atoms with E-state index in [0.29, 0.717) is 42.5 Å². The zero-order valence-electron chi connectivity index (χ0n) is 24.7. The average Bonchev–Trinajstić information content (AvgIpc) is 2.95. The maximum absolute atomic E-state index is 12.6. The average molecular weight is 572 g/mol. The van der Waals surface area contributed by atoms with Gasteiger partial charge in [0.25, 0.3) is 0 Å². The van der Waals surface area contributed by atoms with Gasteiger partial charge in [0.1, 0.15) is 23.2 Å². The number of benzene rings is 2. The van der Waals surface area contributed by atoms with Crippen LogP contribution in [0.25, 0.3) is 22.0 Å². The Morgan fingerprint density at radius 2 is 1.64 bits per heavy atom. The van der Waals surface area contributed by atoms with E-state index in [1.807, 2.05) is 31.2 Å². The molecule has 4 aromatic rings. The summed E-state index contributed by atoms with van der Waals surface area (Å²) >= 11 is 0. The van der Waals surface area contributed by atoms with Crippen LogP contribution < -0.4 is 20.1 Å². The van der Waals surface area contributed by atoms with Crippen LogP contribution in [0, 0.1) is 6.92 Å². The minimum absolute atomic E-state index is 0.131. The number of hydrogen-bond acceptors (Lipinski definition) is 8. The van der Waals surface area contributed by atoms with Gasteiger partial charge in [0, 0.05) is 35.3 Å². The molecule has 0 spiro atoms. The van der Waals surface area contributed by atoms with Gasteiger partial charge >= 0.3 is 6.09 Å². The van der Waals surface area contributed by atoms with Crippen LogP contribution >= 0.6 is 0 Å². The fraction of sp³-hybridized carbons (Fsp3) is 0.344. The van der Waals surface area contributed by atoms with Crippen molar-refractivity contribution in [2.75, 3.05) is 24.4 Å². The normalized spacial score (nSPS) is 11.2. The second kappa shape index (κ2) is 13.8. The molecule has 0 aliphatic carbocycles. The number of amides is 2. The molecule has 2 heterocycles. The highest BCUT2D eigenvalue weighted by atomic mass is 16.6. The van der Waals surface area contributed by atoms with E-state index < -0.39 is 11.7 Å². The number of methoxy groups -OCH3 is 1. The highest BCUT2D eigenvalue weighted by molar-refractivity contribution is 5.97. The summed E-state index contributed by atoms with van der Waals surface area (Å²) in [7, 11) is 1.59. The molecule has 0 unspecified atom stereocenters. The number of carbonyl (C=O) groups is 2. The molecule has 0 saturated carbocycles. The Balaban J connectivity index is 1.30. The number of nitrogens with one attached hydrogen (secondary N) is 2. The molecular weight excluding hydrogens is 534 g/mol. The Morgan fingerprint density at radius 3 is 2.33 bits per heavy atom. The number of rotatable bonds is 11. The summed E-state index contributed by atoms with van der Waals surface area (Å²) in [4.78, 5) is 37.9. The Labute approximate surface area is 245 Å². The number of ether oxygens (including phenoxy) is 3. The molecular formula is C32H37N5O5. The number of carbonyl (C=O) groups excluding carboxylic acids is 2. The molecule has 2 aromatic heterocycles. The van der Waals surface area contributed by atoms with Gasteiger partial charge in [-0.05, 0) is 82.9 Å². The predicted octanol–water partition coefficient (Wildman–Crippen LogP) is 6.93. The van der Waals surface area contributed by atoms with Crippen molar-refractivity contribution in [3.05, 3.63) is 66.7 Å². The van der Waals surface area contributed by atoms with Crippen LogP contribution in [0.4, 0.5) is 16.2 Å². The van der Waals surface area contributed by atoms with Crippen molar-refractivity contribution in [3.63, 3.8) is 0 Å². The van der Waals surface area contributed by atoms with E-state index in [4.69, 9.17) is 14.2 Å². The molecule has 0 saturated heterocycles. The first-order valence-corrected chi connectivity index (χ1v) is 13.9. The molecule has 0 atom stereocenters. The van der Waals surface area contributed by atoms with E-state index in [9.17, 15) is 9.59 Å². The summed E-state index contributed by atoms with van der Waals surface area (Å²) in [6, 6.07) is 14.8. The highest BCUT2D eigenvalue weighted by Crippen LogP contribution is 2.33. The van der Waals surface area contributed by atoms with Gasteiger partial charge in [-0.25, -0.2) is 19.7 Å². The Hall–Kier alpha value is -4.73. The summed E-state index contributed by atoms with van der Waals surface area (Å²) < 4.78 is 16.7. The second-order valence-electron chi connectivity index (χ2n) is 10.8. The zero-order chi connectivity index (χ0) is 30.1. The third-order valence-corrected chi connectivity index (χ3v) is 6.32. The minimum atomic E-state index is -0.622. The molecule has 0 aliphatic heterocycles. The number of fused-ring (bicyclic) bond motifs is 1. The fourth-order valence-electron chi connectivity index (χ4n) is 4.28. The molecule has 10 nitrogen and oxygen atoms in total. The van der Waals surface area contributed by atoms with Crippen LogP contribution in [0.15, 0.2) is 61.1 Å². The maximum Gasteiger partial charge on any atom is 0.412 e. The number of para-hydroxylation sites is 2. The van der Waals surface area contributed by atoms with E-state index >= 15 is 0 Å². The summed E-state index contributed by atoms with van der Waals surface area (Å²) in [5, 5.41) is 6.49. The van der Waals surface area contributed by atoms with Crippen LogP contribution in [0.1, 0.15) is 52.1 Å². The van der Waals surface area contributed by atoms with Crippen LogP contribution in [0.2, 0.25) is 0 Å². The fourth-order valence-corrected chi connectivity index (χ4v) is 4.28. The molecule has 0 radical (unpaired) electrons. The number of anilines is 2. The third-order valence-electron chi connectivity index (χ3n) is 6.32. The molecule has 4 rings (SSSR count). The molecule has 0 fully saturated rings. The van der Waals surface area contributed by atoms with Crippen molar-refractivity contribution < 1.29 is 23.8 Å². The lowest BCUT2D eigenvalue weighted by atomic mass is 10.0. The van der Waals surface area contributed by atoms with Crippen molar-refractivity contribution in [1.82, 2.24) is 15.0 Å². The first-order chi connectivity index (χ1) is 20.1. The number of aryl methyl sites for hydroxylation is 1. The molecule has 10 heteroatoms. The summed E-state index contributed by atoms with van der Waals surface area (Å²) in [5.74, 6) is 1.09. The molecule has 2 N–H and O–H groups in total. The van der Waals surface area contributed by atoms with Gasteiger partial charge in [0.2, 0.25) is 11.8 Å². The summed E-state index contributed by atoms with van der Waals surface area (Å²) in [6.45, 7) is 7.80. The van der Waals surface area contributed by atoms with Gasteiger partial charge < -0.3 is 19.5 Å². The van der Waals surface area contributed by atoms with E-state index in [1.54, 1.807) is 64.7 Å². The van der Waals surface area contributed by atoms with Crippen molar-refractivity contribution in [2.24, 2.45) is 0 Å². The van der Waals surface area contributed by atoms with E-state index in [-0.39, 0.29) is 5.91 Å². The highest BCUT2D eigenvalue weighted by Gasteiger charge is 2.18. The summed E-state index contributed by atoms with van der Waals surface area (Å²) in [6.07, 6.45) is 5.33. The Bertz CT molecular complexity index is 1530. The van der Waals surface area contributed by atoms with Crippen molar-refractivity contribution >= 4 is 34.3 Å². The van der Waals surface area contributed by atoms with Gasteiger partial charge in [0.15, 0.2) is 0 Å².